The molecule has 130 valence electrons. The number of halogens is 2. The average Bonchev–Trinajstić information content (AvgIpc) is 2.49. The predicted octanol–water partition coefficient (Wildman–Crippen LogP) is 2.22. The van der Waals surface area contributed by atoms with Gasteiger partial charge < -0.3 is 20.3 Å². The van der Waals surface area contributed by atoms with E-state index in [-0.39, 0.29) is 36.4 Å². The van der Waals surface area contributed by atoms with Crippen LogP contribution in [0.1, 0.15) is 12.5 Å². The Labute approximate surface area is 163 Å². The fourth-order valence-corrected chi connectivity index (χ4v) is 2.10. The lowest BCUT2D eigenvalue weighted by Gasteiger charge is -2.14. The van der Waals surface area contributed by atoms with Crippen LogP contribution < -0.4 is 15.4 Å². The van der Waals surface area contributed by atoms with Gasteiger partial charge >= 0.3 is 0 Å². The minimum Gasteiger partial charge on any atom is -0.496 e. The number of methoxy groups -OCH3 is 1. The molecule has 0 atom stereocenters. The molecule has 0 aromatic heterocycles. The second-order valence-electron chi connectivity index (χ2n) is 4.79. The topological polar surface area (TPSA) is 66.0 Å². The molecule has 8 heteroatoms. The van der Waals surface area contributed by atoms with Crippen LogP contribution in [0, 0.1) is 0 Å². The lowest BCUT2D eigenvalue weighted by molar-refractivity contribution is -0.127. The third-order valence-corrected chi connectivity index (χ3v) is 3.39. The number of carbonyl (C=O) groups is 1. The first-order chi connectivity index (χ1) is 10.5. The molecule has 0 saturated carbocycles. The molecule has 0 aliphatic rings. The molecule has 0 aliphatic heterocycles. The van der Waals surface area contributed by atoms with E-state index in [1.807, 2.05) is 25.1 Å². The summed E-state index contributed by atoms with van der Waals surface area (Å²) in [5.41, 5.74) is 0.966. The largest absolute Gasteiger partial charge is 0.496 e. The summed E-state index contributed by atoms with van der Waals surface area (Å²) < 4.78 is 6.30. The summed E-state index contributed by atoms with van der Waals surface area (Å²) >= 11 is 3.44. The molecule has 0 spiro atoms. The Morgan fingerprint density at radius 2 is 2.04 bits per heavy atom. The number of aliphatic imine (C=N–C) groups is 1. The summed E-state index contributed by atoms with van der Waals surface area (Å²) in [6.07, 6.45) is 0. The van der Waals surface area contributed by atoms with E-state index in [2.05, 4.69) is 31.6 Å². The highest BCUT2D eigenvalue weighted by Gasteiger charge is 2.07. The summed E-state index contributed by atoms with van der Waals surface area (Å²) in [6.45, 7) is 3.35. The minimum absolute atomic E-state index is 0. The Morgan fingerprint density at radius 1 is 1.35 bits per heavy atom. The number of carbonyl (C=O) groups excluding carboxylic acids is 1. The zero-order valence-electron chi connectivity index (χ0n) is 13.9. The number of likely N-dealkylation sites (N-methyl/N-ethyl adjacent to an activating group) is 1. The minimum atomic E-state index is -0.00867. The summed E-state index contributed by atoms with van der Waals surface area (Å²) in [6, 6.07) is 5.78. The highest BCUT2D eigenvalue weighted by Crippen LogP contribution is 2.23. The molecule has 0 aliphatic carbocycles. The van der Waals surface area contributed by atoms with Crippen molar-refractivity contribution in [2.24, 2.45) is 4.99 Å². The lowest BCUT2D eigenvalue weighted by Crippen LogP contribution is -2.42. The van der Waals surface area contributed by atoms with Crippen LogP contribution in [0.15, 0.2) is 27.7 Å². The van der Waals surface area contributed by atoms with E-state index in [1.54, 1.807) is 21.2 Å². The van der Waals surface area contributed by atoms with Gasteiger partial charge in [-0.3, -0.25) is 4.79 Å². The molecule has 0 unspecified atom stereocenters. The van der Waals surface area contributed by atoms with E-state index in [0.29, 0.717) is 12.5 Å². The molecule has 0 bridgehead atoms. The zero-order chi connectivity index (χ0) is 16.5. The maximum Gasteiger partial charge on any atom is 0.241 e. The average molecular weight is 499 g/mol. The van der Waals surface area contributed by atoms with Crippen LogP contribution in [0.4, 0.5) is 0 Å². The van der Waals surface area contributed by atoms with Gasteiger partial charge in [0.2, 0.25) is 5.91 Å². The molecule has 1 aromatic carbocycles. The molecular formula is C15H24BrIN4O2. The van der Waals surface area contributed by atoms with Gasteiger partial charge in [0.1, 0.15) is 5.75 Å². The van der Waals surface area contributed by atoms with Gasteiger partial charge in [-0.15, -0.1) is 24.0 Å². The Morgan fingerprint density at radius 3 is 2.61 bits per heavy atom. The molecule has 1 amide bonds. The van der Waals surface area contributed by atoms with E-state index >= 15 is 0 Å². The van der Waals surface area contributed by atoms with Crippen molar-refractivity contribution >= 4 is 51.8 Å². The maximum atomic E-state index is 11.6. The zero-order valence-corrected chi connectivity index (χ0v) is 17.8. The van der Waals surface area contributed by atoms with Gasteiger partial charge in [0.25, 0.3) is 0 Å². The van der Waals surface area contributed by atoms with Crippen LogP contribution in [0.5, 0.6) is 5.75 Å². The van der Waals surface area contributed by atoms with Gasteiger partial charge in [-0.2, -0.15) is 0 Å². The Kier molecular flexibility index (Phi) is 11.0. The highest BCUT2D eigenvalue weighted by atomic mass is 127. The molecule has 0 saturated heterocycles. The van der Waals surface area contributed by atoms with Crippen molar-refractivity contribution in [3.8, 4) is 5.75 Å². The molecular weight excluding hydrogens is 475 g/mol. The number of nitrogens with zero attached hydrogens (tertiary/aromatic N) is 2. The number of ether oxygens (including phenoxy) is 1. The smallest absolute Gasteiger partial charge is 0.241 e. The van der Waals surface area contributed by atoms with Crippen molar-refractivity contribution in [1.82, 2.24) is 15.5 Å². The number of nitrogens with one attached hydrogen (secondary N) is 2. The van der Waals surface area contributed by atoms with Crippen LogP contribution in [0.25, 0.3) is 0 Å². The highest BCUT2D eigenvalue weighted by molar-refractivity contribution is 14.0. The van der Waals surface area contributed by atoms with Crippen LogP contribution in [-0.4, -0.2) is 51.1 Å². The third-order valence-electron chi connectivity index (χ3n) is 2.90. The maximum absolute atomic E-state index is 11.6. The van der Waals surface area contributed by atoms with Crippen molar-refractivity contribution in [2.45, 2.75) is 13.5 Å². The quantitative estimate of drug-likeness (QED) is 0.358. The Hall–Kier alpha value is -1.03. The van der Waals surface area contributed by atoms with Crippen LogP contribution in [0.3, 0.4) is 0 Å². The van der Waals surface area contributed by atoms with Crippen LogP contribution >= 0.6 is 39.9 Å². The Bertz CT molecular complexity index is 538. The van der Waals surface area contributed by atoms with Gasteiger partial charge in [0.05, 0.1) is 20.2 Å². The van der Waals surface area contributed by atoms with Crippen LogP contribution in [0.2, 0.25) is 0 Å². The number of benzene rings is 1. The first-order valence-corrected chi connectivity index (χ1v) is 7.82. The fraction of sp³-hybridized carbons (Fsp3) is 0.467. The van der Waals surface area contributed by atoms with Crippen LogP contribution in [-0.2, 0) is 11.3 Å². The van der Waals surface area contributed by atoms with E-state index in [4.69, 9.17) is 4.74 Å². The second-order valence-corrected chi connectivity index (χ2v) is 5.71. The summed E-state index contributed by atoms with van der Waals surface area (Å²) in [4.78, 5) is 17.6. The van der Waals surface area contributed by atoms with Gasteiger partial charge in [0, 0.05) is 30.7 Å². The first-order valence-electron chi connectivity index (χ1n) is 7.02. The number of amides is 1. The standard InChI is InChI=1S/C15H23BrN4O2.HI/c1-5-17-15(19-10-14(21)20(2)3)18-9-11-8-12(16)6-7-13(11)22-4;/h6-8H,5,9-10H2,1-4H3,(H2,17,18,19);1H. The fourth-order valence-electron chi connectivity index (χ4n) is 1.69. The van der Waals surface area contributed by atoms with E-state index < -0.39 is 0 Å². The van der Waals surface area contributed by atoms with Crippen molar-refractivity contribution in [2.75, 3.05) is 34.3 Å². The van der Waals surface area contributed by atoms with E-state index in [1.165, 1.54) is 4.90 Å². The summed E-state index contributed by atoms with van der Waals surface area (Å²) in [5.74, 6) is 1.37. The van der Waals surface area contributed by atoms with Gasteiger partial charge in [0.15, 0.2) is 5.96 Å². The predicted molar refractivity (Wildman–Crippen MR) is 108 cm³/mol. The van der Waals surface area contributed by atoms with Gasteiger partial charge in [-0.05, 0) is 25.1 Å². The number of hydrogen-bond donors (Lipinski definition) is 2. The van der Waals surface area contributed by atoms with Crippen molar-refractivity contribution in [1.29, 1.82) is 0 Å². The second kappa shape index (κ2) is 11.5. The molecule has 6 nitrogen and oxygen atoms in total. The molecule has 1 rings (SSSR count). The molecule has 0 fully saturated rings. The van der Waals surface area contributed by atoms with Gasteiger partial charge in [-0.25, -0.2) is 4.99 Å². The first kappa shape index (κ1) is 22.0. The third kappa shape index (κ3) is 7.87. The lowest BCUT2D eigenvalue weighted by atomic mass is 10.2. The number of rotatable bonds is 6. The SMILES string of the molecule is CCNC(=NCc1cc(Br)ccc1OC)NCC(=O)N(C)C.I. The summed E-state index contributed by atoms with van der Waals surface area (Å²) in [7, 11) is 5.08. The molecule has 23 heavy (non-hydrogen) atoms. The van der Waals surface area contributed by atoms with E-state index in [0.717, 1.165) is 22.3 Å². The van der Waals surface area contributed by atoms with Crippen molar-refractivity contribution in [3.63, 3.8) is 0 Å². The molecule has 2 N–H and O–H groups in total. The van der Waals surface area contributed by atoms with E-state index in [9.17, 15) is 4.79 Å². The van der Waals surface area contributed by atoms with Crippen molar-refractivity contribution in [3.05, 3.63) is 28.2 Å². The normalized spacial score (nSPS) is 10.6. The van der Waals surface area contributed by atoms with Gasteiger partial charge in [-0.1, -0.05) is 15.9 Å². The Balaban J connectivity index is 0.00000484. The summed E-state index contributed by atoms with van der Waals surface area (Å²) in [5, 5.41) is 6.13. The number of guanidine groups is 1. The molecule has 0 heterocycles. The molecule has 1 aromatic rings. The number of hydrogen-bond acceptors (Lipinski definition) is 3. The molecule has 0 radical (unpaired) electrons. The monoisotopic (exact) mass is 498 g/mol. The van der Waals surface area contributed by atoms with Crippen molar-refractivity contribution < 1.29 is 9.53 Å².